The molecule has 20 heavy (non-hydrogen) atoms. The fraction of sp³-hybridized carbons (Fsp3) is 0.286. The second kappa shape index (κ2) is 5.24. The van der Waals surface area contributed by atoms with Crippen LogP contribution in [0.3, 0.4) is 0 Å². The summed E-state index contributed by atoms with van der Waals surface area (Å²) in [6, 6.07) is 5.66. The van der Waals surface area contributed by atoms with Crippen LogP contribution in [0.1, 0.15) is 29.5 Å². The van der Waals surface area contributed by atoms with E-state index in [4.69, 9.17) is 0 Å². The summed E-state index contributed by atoms with van der Waals surface area (Å²) in [5.74, 6) is 0.712. The van der Waals surface area contributed by atoms with Crippen LogP contribution in [0.25, 0.3) is 5.52 Å². The Hall–Kier alpha value is -2.50. The SMILES string of the molecule is CCCn1ncnc1CC(=O)c1cnn2ccccc12. The van der Waals surface area contributed by atoms with Gasteiger partial charge in [-0.05, 0) is 18.6 Å². The number of ketones is 1. The van der Waals surface area contributed by atoms with Gasteiger partial charge in [0.2, 0.25) is 0 Å². The molecule has 0 aliphatic carbocycles. The lowest BCUT2D eigenvalue weighted by Crippen LogP contribution is -2.11. The van der Waals surface area contributed by atoms with Gasteiger partial charge in [-0.15, -0.1) is 0 Å². The first-order valence-corrected chi connectivity index (χ1v) is 6.62. The van der Waals surface area contributed by atoms with Crippen LogP contribution >= 0.6 is 0 Å². The van der Waals surface area contributed by atoms with Crippen molar-refractivity contribution in [1.29, 1.82) is 0 Å². The van der Waals surface area contributed by atoms with E-state index in [-0.39, 0.29) is 12.2 Å². The standard InChI is InChI=1S/C14H15N5O/c1-2-6-19-14(15-10-17-19)8-13(20)11-9-16-18-7-4-3-5-12(11)18/h3-5,7,9-10H,2,6,8H2,1H3. The Labute approximate surface area is 116 Å². The highest BCUT2D eigenvalue weighted by Gasteiger charge is 2.15. The van der Waals surface area contributed by atoms with Gasteiger partial charge in [-0.2, -0.15) is 10.2 Å². The Kier molecular flexibility index (Phi) is 3.28. The molecule has 0 atom stereocenters. The van der Waals surface area contributed by atoms with Crippen LogP contribution in [0.2, 0.25) is 0 Å². The minimum atomic E-state index is 0.0107. The van der Waals surface area contributed by atoms with Crippen LogP contribution in [0, 0.1) is 0 Å². The molecule has 0 radical (unpaired) electrons. The van der Waals surface area contributed by atoms with Gasteiger partial charge in [0, 0.05) is 12.7 Å². The van der Waals surface area contributed by atoms with Gasteiger partial charge in [-0.25, -0.2) is 14.2 Å². The number of Topliss-reactive ketones (excluding diaryl/α,β-unsaturated/α-hetero) is 1. The van der Waals surface area contributed by atoms with E-state index in [1.165, 1.54) is 6.33 Å². The second-order valence-electron chi connectivity index (χ2n) is 4.59. The third kappa shape index (κ3) is 2.20. The Morgan fingerprint density at radius 2 is 2.20 bits per heavy atom. The lowest BCUT2D eigenvalue weighted by atomic mass is 10.1. The number of rotatable bonds is 5. The van der Waals surface area contributed by atoms with Gasteiger partial charge in [0.1, 0.15) is 12.2 Å². The van der Waals surface area contributed by atoms with E-state index in [0.717, 1.165) is 18.5 Å². The average molecular weight is 269 g/mol. The summed E-state index contributed by atoms with van der Waals surface area (Å²) >= 11 is 0. The highest BCUT2D eigenvalue weighted by molar-refractivity contribution is 6.02. The van der Waals surface area contributed by atoms with Crippen LogP contribution in [0.5, 0.6) is 0 Å². The largest absolute Gasteiger partial charge is 0.294 e. The van der Waals surface area contributed by atoms with E-state index >= 15 is 0 Å². The molecular formula is C14H15N5O. The summed E-state index contributed by atoms with van der Waals surface area (Å²) in [6.45, 7) is 2.84. The molecule has 0 unspecified atom stereocenters. The first kappa shape index (κ1) is 12.5. The molecule has 6 heteroatoms. The zero-order chi connectivity index (χ0) is 13.9. The molecule has 3 rings (SSSR count). The number of fused-ring (bicyclic) bond motifs is 1. The van der Waals surface area contributed by atoms with Crippen molar-refractivity contribution in [3.8, 4) is 0 Å². The number of carbonyl (C=O) groups excluding carboxylic acids is 1. The normalized spacial score (nSPS) is 11.1. The molecule has 3 aromatic heterocycles. The van der Waals surface area contributed by atoms with Crippen LogP contribution in [0.15, 0.2) is 36.9 Å². The van der Waals surface area contributed by atoms with Gasteiger partial charge in [0.25, 0.3) is 0 Å². The number of hydrogen-bond donors (Lipinski definition) is 0. The number of nitrogens with zero attached hydrogens (tertiary/aromatic N) is 5. The summed E-state index contributed by atoms with van der Waals surface area (Å²) < 4.78 is 3.48. The van der Waals surface area contributed by atoms with E-state index in [2.05, 4.69) is 22.1 Å². The maximum absolute atomic E-state index is 12.4. The van der Waals surface area contributed by atoms with Crippen molar-refractivity contribution in [2.75, 3.05) is 0 Å². The summed E-state index contributed by atoms with van der Waals surface area (Å²) in [5.41, 5.74) is 1.44. The summed E-state index contributed by atoms with van der Waals surface area (Å²) in [4.78, 5) is 16.6. The number of aryl methyl sites for hydroxylation is 1. The van der Waals surface area contributed by atoms with Crippen molar-refractivity contribution in [1.82, 2.24) is 24.4 Å². The molecule has 0 aliphatic rings. The molecule has 0 saturated carbocycles. The molecule has 0 fully saturated rings. The summed E-state index contributed by atoms with van der Waals surface area (Å²) in [7, 11) is 0. The lowest BCUT2D eigenvalue weighted by molar-refractivity contribution is 0.0991. The maximum Gasteiger partial charge on any atom is 0.174 e. The van der Waals surface area contributed by atoms with E-state index in [1.807, 2.05) is 24.4 Å². The number of carbonyl (C=O) groups is 1. The van der Waals surface area contributed by atoms with Crippen molar-refractivity contribution in [3.63, 3.8) is 0 Å². The fourth-order valence-corrected chi connectivity index (χ4v) is 2.21. The minimum absolute atomic E-state index is 0.0107. The van der Waals surface area contributed by atoms with Crippen LogP contribution < -0.4 is 0 Å². The highest BCUT2D eigenvalue weighted by atomic mass is 16.1. The molecule has 0 saturated heterocycles. The third-order valence-electron chi connectivity index (χ3n) is 3.18. The molecule has 6 nitrogen and oxygen atoms in total. The van der Waals surface area contributed by atoms with E-state index in [9.17, 15) is 4.79 Å². The summed E-state index contributed by atoms with van der Waals surface area (Å²) in [6.07, 6.45) is 6.13. The smallest absolute Gasteiger partial charge is 0.174 e. The lowest BCUT2D eigenvalue weighted by Gasteiger charge is -2.03. The molecule has 3 heterocycles. The van der Waals surface area contributed by atoms with Crippen molar-refractivity contribution >= 4 is 11.3 Å². The molecular weight excluding hydrogens is 254 g/mol. The molecule has 0 amide bonds. The van der Waals surface area contributed by atoms with Crippen molar-refractivity contribution < 1.29 is 4.79 Å². The van der Waals surface area contributed by atoms with Gasteiger partial charge < -0.3 is 0 Å². The molecule has 0 bridgehead atoms. The Bertz CT molecular complexity index is 743. The molecule has 3 aromatic rings. The molecule has 0 spiro atoms. The zero-order valence-corrected chi connectivity index (χ0v) is 11.2. The Morgan fingerprint density at radius 1 is 1.30 bits per heavy atom. The predicted octanol–water partition coefficient (Wildman–Crippen LogP) is 1.76. The third-order valence-corrected chi connectivity index (χ3v) is 3.18. The van der Waals surface area contributed by atoms with Crippen LogP contribution in [0.4, 0.5) is 0 Å². The topological polar surface area (TPSA) is 65.1 Å². The number of hydrogen-bond acceptors (Lipinski definition) is 4. The van der Waals surface area contributed by atoms with Gasteiger partial charge in [-0.3, -0.25) is 4.79 Å². The number of aromatic nitrogens is 5. The highest BCUT2D eigenvalue weighted by Crippen LogP contribution is 2.13. The van der Waals surface area contributed by atoms with Crippen molar-refractivity contribution in [2.24, 2.45) is 0 Å². The molecule has 102 valence electrons. The van der Waals surface area contributed by atoms with Crippen molar-refractivity contribution in [3.05, 3.63) is 48.3 Å². The second-order valence-corrected chi connectivity index (χ2v) is 4.59. The van der Waals surface area contributed by atoms with Gasteiger partial charge in [0.05, 0.1) is 23.7 Å². The minimum Gasteiger partial charge on any atom is -0.294 e. The maximum atomic E-state index is 12.4. The fourth-order valence-electron chi connectivity index (χ4n) is 2.21. The molecule has 0 aliphatic heterocycles. The Morgan fingerprint density at radius 3 is 3.05 bits per heavy atom. The summed E-state index contributed by atoms with van der Waals surface area (Å²) in [5, 5.41) is 8.32. The van der Waals surface area contributed by atoms with Gasteiger partial charge >= 0.3 is 0 Å². The van der Waals surface area contributed by atoms with Gasteiger partial charge in [-0.1, -0.05) is 13.0 Å². The molecule has 0 aromatic carbocycles. The van der Waals surface area contributed by atoms with Crippen molar-refractivity contribution in [2.45, 2.75) is 26.3 Å². The van der Waals surface area contributed by atoms with Crippen LogP contribution in [-0.4, -0.2) is 30.2 Å². The quantitative estimate of drug-likeness (QED) is 0.662. The molecule has 0 N–H and O–H groups in total. The Balaban J connectivity index is 1.87. The van der Waals surface area contributed by atoms with E-state index in [1.54, 1.807) is 15.4 Å². The van der Waals surface area contributed by atoms with E-state index in [0.29, 0.717) is 11.4 Å². The first-order chi connectivity index (χ1) is 9.79. The number of pyridine rings is 1. The van der Waals surface area contributed by atoms with E-state index < -0.39 is 0 Å². The van der Waals surface area contributed by atoms with Crippen LogP contribution in [-0.2, 0) is 13.0 Å². The first-order valence-electron chi connectivity index (χ1n) is 6.62. The average Bonchev–Trinajstić information content (AvgIpc) is 3.06. The zero-order valence-electron chi connectivity index (χ0n) is 11.2. The predicted molar refractivity (Wildman–Crippen MR) is 73.5 cm³/mol. The van der Waals surface area contributed by atoms with Gasteiger partial charge in [0.15, 0.2) is 5.78 Å². The monoisotopic (exact) mass is 269 g/mol.